The molecule has 1 rings (SSSR count). The van der Waals surface area contributed by atoms with Gasteiger partial charge in [0.1, 0.15) is 0 Å². The number of guanidine groups is 1. The van der Waals surface area contributed by atoms with Crippen LogP contribution in [0.15, 0.2) is 4.99 Å². The van der Waals surface area contributed by atoms with E-state index in [4.69, 9.17) is 15.6 Å². The van der Waals surface area contributed by atoms with Gasteiger partial charge in [-0.15, -0.1) is 0 Å². The monoisotopic (exact) mass is 242 g/mol. The van der Waals surface area contributed by atoms with Crippen molar-refractivity contribution in [2.24, 2.45) is 10.8 Å². The summed E-state index contributed by atoms with van der Waals surface area (Å²) in [5.41, 5.74) is 2.73. The van der Waals surface area contributed by atoms with Gasteiger partial charge < -0.3 is 9.64 Å². The van der Waals surface area contributed by atoms with Gasteiger partial charge >= 0.3 is 0 Å². The smallest absolute Gasteiger partial charge is 0.208 e. The third-order valence-corrected chi connectivity index (χ3v) is 3.26. The zero-order valence-electron chi connectivity index (χ0n) is 11.1. The topological polar surface area (TPSA) is 62.9 Å². The van der Waals surface area contributed by atoms with Crippen molar-refractivity contribution in [2.75, 3.05) is 26.8 Å². The second-order valence-corrected chi connectivity index (χ2v) is 4.46. The van der Waals surface area contributed by atoms with Gasteiger partial charge in [-0.25, -0.2) is 10.8 Å². The van der Waals surface area contributed by atoms with Crippen LogP contribution in [0.5, 0.6) is 0 Å². The summed E-state index contributed by atoms with van der Waals surface area (Å²) in [6, 6.07) is 0.436. The van der Waals surface area contributed by atoms with Gasteiger partial charge in [-0.1, -0.05) is 19.3 Å². The number of nitrogens with one attached hydrogen (secondary N) is 1. The molecule has 0 aliphatic heterocycles. The zero-order valence-corrected chi connectivity index (χ0v) is 11.1. The number of rotatable bonds is 5. The number of hydrogen-bond acceptors (Lipinski definition) is 3. The molecular formula is C12H26N4O. The second-order valence-electron chi connectivity index (χ2n) is 4.46. The van der Waals surface area contributed by atoms with Crippen LogP contribution >= 0.6 is 0 Å². The number of hydrogen-bond donors (Lipinski definition) is 2. The Labute approximate surface area is 104 Å². The van der Waals surface area contributed by atoms with E-state index in [0.29, 0.717) is 12.6 Å². The van der Waals surface area contributed by atoms with Gasteiger partial charge in [0, 0.05) is 20.2 Å². The summed E-state index contributed by atoms with van der Waals surface area (Å²) in [6.45, 7) is 4.50. The molecule has 5 heteroatoms. The number of aliphatic imine (C=N–C) groups is 1. The summed E-state index contributed by atoms with van der Waals surface area (Å²) in [4.78, 5) is 6.85. The SMILES string of the molecule is CCN(CCOC)C(=NC1CCCCC1)NN. The lowest BCUT2D eigenvalue weighted by molar-refractivity contribution is 0.176. The quantitative estimate of drug-likeness (QED) is 0.328. The summed E-state index contributed by atoms with van der Waals surface area (Å²) in [5.74, 6) is 6.38. The first kappa shape index (κ1) is 14.3. The van der Waals surface area contributed by atoms with Crippen molar-refractivity contribution < 1.29 is 4.74 Å². The molecule has 0 heterocycles. The maximum absolute atomic E-state index is 5.57. The molecule has 0 aromatic rings. The maximum Gasteiger partial charge on any atom is 0.208 e. The first-order valence-corrected chi connectivity index (χ1v) is 6.60. The zero-order chi connectivity index (χ0) is 12.5. The van der Waals surface area contributed by atoms with Gasteiger partial charge in [0.25, 0.3) is 0 Å². The number of methoxy groups -OCH3 is 1. The van der Waals surface area contributed by atoms with Crippen LogP contribution in [0.25, 0.3) is 0 Å². The molecule has 0 unspecified atom stereocenters. The molecule has 5 nitrogen and oxygen atoms in total. The minimum absolute atomic E-state index is 0.436. The van der Waals surface area contributed by atoms with E-state index in [1.807, 2.05) is 0 Å². The lowest BCUT2D eigenvalue weighted by atomic mass is 9.96. The van der Waals surface area contributed by atoms with Crippen LogP contribution in [0, 0.1) is 0 Å². The van der Waals surface area contributed by atoms with E-state index in [2.05, 4.69) is 17.2 Å². The number of likely N-dealkylation sites (N-methyl/N-ethyl adjacent to an activating group) is 1. The standard InChI is InChI=1S/C12H26N4O/c1-3-16(9-10-17-2)12(15-13)14-11-7-5-4-6-8-11/h11H,3-10,13H2,1-2H3,(H,14,15). The molecule has 100 valence electrons. The van der Waals surface area contributed by atoms with Gasteiger partial charge in [-0.3, -0.25) is 5.43 Å². The molecule has 1 fully saturated rings. The Kier molecular flexibility index (Phi) is 6.96. The van der Waals surface area contributed by atoms with Crippen LogP contribution in [-0.2, 0) is 4.74 Å². The van der Waals surface area contributed by atoms with Crippen LogP contribution in [0.1, 0.15) is 39.0 Å². The Balaban J connectivity index is 2.55. The highest BCUT2D eigenvalue weighted by Crippen LogP contribution is 2.20. The van der Waals surface area contributed by atoms with Gasteiger partial charge in [0.2, 0.25) is 5.96 Å². The highest BCUT2D eigenvalue weighted by atomic mass is 16.5. The largest absolute Gasteiger partial charge is 0.383 e. The van der Waals surface area contributed by atoms with Crippen LogP contribution in [-0.4, -0.2) is 43.7 Å². The van der Waals surface area contributed by atoms with Crippen molar-refractivity contribution in [1.82, 2.24) is 10.3 Å². The summed E-state index contributed by atoms with van der Waals surface area (Å²) in [7, 11) is 1.71. The number of hydrazine groups is 1. The number of nitrogens with two attached hydrogens (primary N) is 1. The molecule has 1 saturated carbocycles. The number of nitrogens with zero attached hydrogens (tertiary/aromatic N) is 2. The van der Waals surface area contributed by atoms with E-state index >= 15 is 0 Å². The van der Waals surface area contributed by atoms with E-state index in [-0.39, 0.29) is 0 Å². The lowest BCUT2D eigenvalue weighted by Crippen LogP contribution is -2.46. The Morgan fingerprint density at radius 2 is 2.12 bits per heavy atom. The summed E-state index contributed by atoms with van der Waals surface area (Å²) < 4.78 is 5.09. The Morgan fingerprint density at radius 3 is 2.65 bits per heavy atom. The molecule has 0 aromatic heterocycles. The fourth-order valence-corrected chi connectivity index (χ4v) is 2.21. The summed E-state index contributed by atoms with van der Waals surface area (Å²) in [6.07, 6.45) is 6.30. The third-order valence-electron chi connectivity index (χ3n) is 3.26. The Morgan fingerprint density at radius 1 is 1.41 bits per heavy atom. The van der Waals surface area contributed by atoms with Gasteiger partial charge in [0.15, 0.2) is 0 Å². The van der Waals surface area contributed by atoms with Crippen molar-refractivity contribution in [3.63, 3.8) is 0 Å². The van der Waals surface area contributed by atoms with Gasteiger partial charge in [0.05, 0.1) is 12.6 Å². The molecule has 1 aliphatic rings. The highest BCUT2D eigenvalue weighted by Gasteiger charge is 2.15. The highest BCUT2D eigenvalue weighted by molar-refractivity contribution is 5.79. The molecule has 3 N–H and O–H groups in total. The molecule has 0 atom stereocenters. The van der Waals surface area contributed by atoms with Crippen molar-refractivity contribution >= 4 is 5.96 Å². The number of ether oxygens (including phenoxy) is 1. The molecule has 0 amide bonds. The van der Waals surface area contributed by atoms with Crippen molar-refractivity contribution in [1.29, 1.82) is 0 Å². The van der Waals surface area contributed by atoms with E-state index in [0.717, 1.165) is 19.0 Å². The van der Waals surface area contributed by atoms with Crippen LogP contribution in [0.2, 0.25) is 0 Å². The molecule has 0 aromatic carbocycles. The van der Waals surface area contributed by atoms with E-state index in [1.165, 1.54) is 32.1 Å². The molecule has 17 heavy (non-hydrogen) atoms. The van der Waals surface area contributed by atoms with Gasteiger partial charge in [-0.05, 0) is 19.8 Å². The molecule has 0 spiro atoms. The van der Waals surface area contributed by atoms with Crippen molar-refractivity contribution in [2.45, 2.75) is 45.1 Å². The summed E-state index contributed by atoms with van der Waals surface area (Å²) in [5, 5.41) is 0. The van der Waals surface area contributed by atoms with E-state index in [1.54, 1.807) is 7.11 Å². The normalized spacial score (nSPS) is 18.2. The average molecular weight is 242 g/mol. The first-order valence-electron chi connectivity index (χ1n) is 6.60. The van der Waals surface area contributed by atoms with Crippen molar-refractivity contribution in [3.8, 4) is 0 Å². The lowest BCUT2D eigenvalue weighted by Gasteiger charge is -2.26. The second kappa shape index (κ2) is 8.31. The molecule has 0 bridgehead atoms. The predicted molar refractivity (Wildman–Crippen MR) is 70.8 cm³/mol. The van der Waals surface area contributed by atoms with E-state index in [9.17, 15) is 0 Å². The van der Waals surface area contributed by atoms with Crippen molar-refractivity contribution in [3.05, 3.63) is 0 Å². The van der Waals surface area contributed by atoms with E-state index < -0.39 is 0 Å². The third kappa shape index (κ3) is 4.91. The maximum atomic E-state index is 5.57. The average Bonchev–Trinajstić information content (AvgIpc) is 2.39. The van der Waals surface area contributed by atoms with Crippen LogP contribution < -0.4 is 11.3 Å². The van der Waals surface area contributed by atoms with Crippen LogP contribution in [0.3, 0.4) is 0 Å². The Hall–Kier alpha value is -0.810. The molecule has 1 aliphatic carbocycles. The molecular weight excluding hydrogens is 216 g/mol. The first-order chi connectivity index (χ1) is 8.31. The fraction of sp³-hybridized carbons (Fsp3) is 0.917. The summed E-state index contributed by atoms with van der Waals surface area (Å²) >= 11 is 0. The van der Waals surface area contributed by atoms with Gasteiger partial charge in [-0.2, -0.15) is 0 Å². The van der Waals surface area contributed by atoms with Crippen LogP contribution in [0.4, 0.5) is 0 Å². The minimum Gasteiger partial charge on any atom is -0.383 e. The fourth-order valence-electron chi connectivity index (χ4n) is 2.21. The molecule has 0 radical (unpaired) electrons. The minimum atomic E-state index is 0.436. The molecule has 0 saturated heterocycles. The predicted octanol–water partition coefficient (Wildman–Crippen LogP) is 1.11. The Bertz CT molecular complexity index is 227.